The van der Waals surface area contributed by atoms with E-state index in [4.69, 9.17) is 9.15 Å². The molecule has 1 aliphatic rings. The monoisotopic (exact) mass is 873 g/mol. The second-order valence-corrected chi connectivity index (χ2v) is 18.3. The van der Waals surface area contributed by atoms with Gasteiger partial charge in [0.2, 0.25) is 0 Å². The standard InChI is InChI=1S/C49H55N5O8S/c1-31-25-34(36-26-32(2)45(56)51(6)29-36)27-35-28-39(61-42(31)35)44(55)50-19-13-7-8-14-20-54(46(57)43-41(47(58)59)37-16-10-12-18-40(37)63-43)30-33-15-9-11-17-38(33)52-21-23-53(24-22-52)48(60)62-49(3,4)5/h9-12,15-18,25-29H,7-8,13-14,19-24,30H2,1-6H3,(H,50,55)(H,58,59). The number of aromatic carboxylic acids is 1. The zero-order valence-electron chi connectivity index (χ0n) is 36.8. The Morgan fingerprint density at radius 1 is 0.873 bits per heavy atom. The number of nitrogens with zero attached hydrogens (tertiary/aromatic N) is 4. The number of nitrogens with one attached hydrogen (secondary N) is 1. The molecule has 1 fully saturated rings. The lowest BCUT2D eigenvalue weighted by atomic mass is 10.0. The second-order valence-electron chi connectivity index (χ2n) is 17.2. The van der Waals surface area contributed by atoms with Crippen LogP contribution in [-0.2, 0) is 18.3 Å². The number of carboxylic acid groups (broad SMARTS) is 1. The molecule has 0 bridgehead atoms. The van der Waals surface area contributed by atoms with E-state index in [0.717, 1.165) is 50.9 Å². The summed E-state index contributed by atoms with van der Waals surface area (Å²) >= 11 is 1.20. The van der Waals surface area contributed by atoms with E-state index < -0.39 is 11.6 Å². The quantitative estimate of drug-likeness (QED) is 0.102. The van der Waals surface area contributed by atoms with Crippen molar-refractivity contribution in [1.82, 2.24) is 19.7 Å². The average molecular weight is 874 g/mol. The summed E-state index contributed by atoms with van der Waals surface area (Å²) in [6.07, 6.45) is 4.43. The lowest BCUT2D eigenvalue weighted by molar-refractivity contribution is 0.0240. The Hall–Kier alpha value is -6.41. The van der Waals surface area contributed by atoms with E-state index in [1.807, 2.05) is 82.3 Å². The Labute approximate surface area is 370 Å². The molecule has 3 aromatic heterocycles. The first-order valence-electron chi connectivity index (χ1n) is 21.4. The summed E-state index contributed by atoms with van der Waals surface area (Å²) in [5, 5.41) is 14.6. The number of benzene rings is 3. The van der Waals surface area contributed by atoms with Gasteiger partial charge in [0.15, 0.2) is 5.76 Å². The van der Waals surface area contributed by atoms with Crippen LogP contribution in [0.4, 0.5) is 10.5 Å². The van der Waals surface area contributed by atoms with Gasteiger partial charge in [0.05, 0.1) is 5.56 Å². The molecule has 63 heavy (non-hydrogen) atoms. The molecule has 1 aliphatic heterocycles. The van der Waals surface area contributed by atoms with Gasteiger partial charge in [-0.1, -0.05) is 49.2 Å². The van der Waals surface area contributed by atoms with Crippen molar-refractivity contribution in [1.29, 1.82) is 0 Å². The molecule has 7 rings (SSSR count). The van der Waals surface area contributed by atoms with Crippen LogP contribution >= 0.6 is 11.3 Å². The van der Waals surface area contributed by atoms with Crippen LogP contribution in [0.2, 0.25) is 0 Å². The molecule has 3 aromatic carbocycles. The second kappa shape index (κ2) is 18.9. The number of unbranched alkanes of at least 4 members (excludes halogenated alkanes) is 3. The summed E-state index contributed by atoms with van der Waals surface area (Å²) in [6, 6.07) is 22.7. The van der Waals surface area contributed by atoms with Crippen molar-refractivity contribution in [3.05, 3.63) is 122 Å². The van der Waals surface area contributed by atoms with Crippen molar-refractivity contribution in [2.45, 2.75) is 72.4 Å². The van der Waals surface area contributed by atoms with Crippen LogP contribution in [-0.4, -0.2) is 88.2 Å². The molecule has 13 nitrogen and oxygen atoms in total. The van der Waals surface area contributed by atoms with Gasteiger partial charge in [-0.05, 0) is 106 Å². The molecule has 6 aromatic rings. The van der Waals surface area contributed by atoms with Gasteiger partial charge in [-0.2, -0.15) is 0 Å². The number of carboxylic acids is 1. The number of fused-ring (bicyclic) bond motifs is 2. The smallest absolute Gasteiger partial charge is 0.410 e. The highest BCUT2D eigenvalue weighted by Gasteiger charge is 2.30. The molecule has 0 unspecified atom stereocenters. The Morgan fingerprint density at radius 2 is 1.57 bits per heavy atom. The zero-order chi connectivity index (χ0) is 45.0. The van der Waals surface area contributed by atoms with Gasteiger partial charge < -0.3 is 38.8 Å². The minimum Gasteiger partial charge on any atom is -0.478 e. The van der Waals surface area contributed by atoms with Crippen molar-refractivity contribution in [2.75, 3.05) is 44.2 Å². The number of para-hydroxylation sites is 1. The first kappa shape index (κ1) is 44.6. The predicted molar refractivity (Wildman–Crippen MR) is 247 cm³/mol. The van der Waals surface area contributed by atoms with E-state index in [1.54, 1.807) is 52.7 Å². The number of hydrogen-bond donors (Lipinski definition) is 2. The van der Waals surface area contributed by atoms with Crippen LogP contribution in [0.5, 0.6) is 0 Å². The van der Waals surface area contributed by atoms with Gasteiger partial charge >= 0.3 is 12.1 Å². The highest BCUT2D eigenvalue weighted by Crippen LogP contribution is 2.34. The molecule has 14 heteroatoms. The SMILES string of the molecule is Cc1cc(-c2cc(C)c3oc(C(=O)NCCCCCCN(Cc4ccccc4N4CCN(C(=O)OC(C)(C)C)CC4)C(=O)c4sc5ccccc5c4C(=O)O)cc3c2)cn(C)c1=O. The zero-order valence-corrected chi connectivity index (χ0v) is 37.6. The number of aryl methyl sites for hydroxylation is 3. The Balaban J connectivity index is 0.990. The summed E-state index contributed by atoms with van der Waals surface area (Å²) in [6.45, 7) is 12.6. The molecule has 0 radical (unpaired) electrons. The summed E-state index contributed by atoms with van der Waals surface area (Å²) in [7, 11) is 1.73. The highest BCUT2D eigenvalue weighted by atomic mass is 32.1. The number of furan rings is 1. The fraction of sp³-hybridized carbons (Fsp3) is 0.367. The molecule has 2 N–H and O–H groups in total. The third kappa shape index (κ3) is 10.3. The summed E-state index contributed by atoms with van der Waals surface area (Å²) in [4.78, 5) is 71.2. The Morgan fingerprint density at radius 3 is 2.30 bits per heavy atom. The van der Waals surface area contributed by atoms with Crippen molar-refractivity contribution >= 4 is 62.0 Å². The number of thiophene rings is 1. The number of ether oxygens (including phenoxy) is 1. The first-order valence-corrected chi connectivity index (χ1v) is 22.2. The molecule has 0 atom stereocenters. The number of rotatable bonds is 14. The van der Waals surface area contributed by atoms with Crippen molar-refractivity contribution < 1.29 is 33.4 Å². The van der Waals surface area contributed by atoms with Gasteiger partial charge in [-0.3, -0.25) is 14.4 Å². The predicted octanol–water partition coefficient (Wildman–Crippen LogP) is 9.02. The largest absolute Gasteiger partial charge is 0.478 e. The minimum absolute atomic E-state index is 0.0207. The summed E-state index contributed by atoms with van der Waals surface area (Å²) < 4.78 is 13.9. The molecular weight excluding hydrogens is 819 g/mol. The van der Waals surface area contributed by atoms with Crippen LogP contribution < -0.4 is 15.8 Å². The number of carbonyl (C=O) groups is 4. The third-order valence-corrected chi connectivity index (χ3v) is 12.4. The number of aromatic nitrogens is 1. The van der Waals surface area contributed by atoms with Gasteiger partial charge in [0, 0.05) is 85.8 Å². The maximum Gasteiger partial charge on any atom is 0.410 e. The number of anilines is 1. The van der Waals surface area contributed by atoms with Crippen molar-refractivity contribution in [2.24, 2.45) is 7.05 Å². The summed E-state index contributed by atoms with van der Waals surface area (Å²) in [5.74, 6) is -1.55. The lowest BCUT2D eigenvalue weighted by Crippen LogP contribution is -2.50. The normalized spacial score (nSPS) is 13.1. The maximum atomic E-state index is 14.5. The molecule has 3 amide bonds. The summed E-state index contributed by atoms with van der Waals surface area (Å²) in [5.41, 5.74) is 5.28. The maximum absolute atomic E-state index is 14.5. The number of carbonyl (C=O) groups excluding carboxylic acids is 3. The number of hydrogen-bond acceptors (Lipinski definition) is 9. The molecule has 330 valence electrons. The van der Waals surface area contributed by atoms with Gasteiger partial charge in [-0.15, -0.1) is 11.3 Å². The van der Waals surface area contributed by atoms with E-state index in [0.29, 0.717) is 68.6 Å². The first-order chi connectivity index (χ1) is 30.1. The molecule has 1 saturated heterocycles. The molecule has 4 heterocycles. The van der Waals surface area contributed by atoms with E-state index in [2.05, 4.69) is 10.2 Å². The van der Waals surface area contributed by atoms with Crippen LogP contribution in [0.3, 0.4) is 0 Å². The number of piperazine rings is 1. The minimum atomic E-state index is -1.14. The lowest BCUT2D eigenvalue weighted by Gasteiger charge is -2.38. The van der Waals surface area contributed by atoms with Crippen LogP contribution in [0.25, 0.3) is 32.2 Å². The molecule has 0 aliphatic carbocycles. The fourth-order valence-electron chi connectivity index (χ4n) is 8.13. The van der Waals surface area contributed by atoms with Crippen LogP contribution in [0, 0.1) is 13.8 Å². The number of amides is 3. The van der Waals surface area contributed by atoms with E-state index in [1.165, 1.54) is 11.3 Å². The van der Waals surface area contributed by atoms with Crippen molar-refractivity contribution in [3.63, 3.8) is 0 Å². The Bertz CT molecular complexity index is 2710. The van der Waals surface area contributed by atoms with E-state index >= 15 is 0 Å². The average Bonchev–Trinajstić information content (AvgIpc) is 3.87. The Kier molecular flexibility index (Phi) is 13.4. The molecule has 0 spiro atoms. The van der Waals surface area contributed by atoms with E-state index in [-0.39, 0.29) is 46.2 Å². The number of pyridine rings is 1. The fourth-order valence-corrected chi connectivity index (χ4v) is 9.29. The molecule has 0 saturated carbocycles. The van der Waals surface area contributed by atoms with E-state index in [9.17, 15) is 29.1 Å². The topological polar surface area (TPSA) is 155 Å². The third-order valence-electron chi connectivity index (χ3n) is 11.3. The van der Waals surface area contributed by atoms with Crippen LogP contribution in [0.15, 0.2) is 88.2 Å². The van der Waals surface area contributed by atoms with Crippen molar-refractivity contribution in [3.8, 4) is 11.1 Å². The van der Waals surface area contributed by atoms with Gasteiger partial charge in [0.25, 0.3) is 17.4 Å². The molecular formula is C49H55N5O8S. The van der Waals surface area contributed by atoms with Gasteiger partial charge in [0.1, 0.15) is 16.1 Å². The van der Waals surface area contributed by atoms with Gasteiger partial charge in [-0.25, -0.2) is 9.59 Å². The van der Waals surface area contributed by atoms with Crippen LogP contribution in [0.1, 0.15) is 93.7 Å². The highest BCUT2D eigenvalue weighted by molar-refractivity contribution is 7.21.